The number of para-hydroxylation sites is 1. The normalized spacial score (nSPS) is 11.2. The molecule has 2 amide bonds. The number of carbonyl (C=O) groups excluding carboxylic acids is 2. The molecule has 0 spiro atoms. The third-order valence-electron chi connectivity index (χ3n) is 3.96. The molecule has 9 heteroatoms. The molecular formula is C19H18N2O5S2. The molecule has 0 radical (unpaired) electrons. The van der Waals surface area contributed by atoms with Crippen molar-refractivity contribution in [3.63, 3.8) is 0 Å². The number of carbonyl (C=O) groups is 2. The Morgan fingerprint density at radius 2 is 1.82 bits per heavy atom. The highest BCUT2D eigenvalue weighted by molar-refractivity contribution is 7.91. The third-order valence-corrected chi connectivity index (χ3v) is 6.89. The Kier molecular flexibility index (Phi) is 5.66. The fourth-order valence-corrected chi connectivity index (χ4v) is 4.54. The van der Waals surface area contributed by atoms with Gasteiger partial charge in [0.2, 0.25) is 0 Å². The number of nitrogens with one attached hydrogen (secondary N) is 2. The van der Waals surface area contributed by atoms with Crippen LogP contribution in [0.5, 0.6) is 0 Å². The van der Waals surface area contributed by atoms with Crippen LogP contribution in [0, 0.1) is 6.92 Å². The summed E-state index contributed by atoms with van der Waals surface area (Å²) < 4.78 is 29.5. The van der Waals surface area contributed by atoms with Crippen LogP contribution >= 0.6 is 11.3 Å². The zero-order valence-electron chi connectivity index (χ0n) is 15.2. The molecule has 0 fully saturated rings. The van der Waals surface area contributed by atoms with Crippen molar-refractivity contribution in [2.75, 3.05) is 16.4 Å². The molecule has 0 aliphatic heterocycles. The molecule has 2 N–H and O–H groups in total. The van der Waals surface area contributed by atoms with E-state index in [0.29, 0.717) is 15.4 Å². The number of aryl methyl sites for hydroxylation is 1. The van der Waals surface area contributed by atoms with Crippen LogP contribution in [-0.2, 0) is 9.84 Å². The Balaban J connectivity index is 1.81. The van der Waals surface area contributed by atoms with Crippen molar-refractivity contribution in [1.29, 1.82) is 0 Å². The molecule has 0 atom stereocenters. The Labute approximate surface area is 166 Å². The summed E-state index contributed by atoms with van der Waals surface area (Å²) in [5.74, 6) is -0.769. The Morgan fingerprint density at radius 1 is 1.07 bits per heavy atom. The van der Waals surface area contributed by atoms with Crippen molar-refractivity contribution in [2.24, 2.45) is 0 Å². The quantitative estimate of drug-likeness (QED) is 0.631. The van der Waals surface area contributed by atoms with Crippen molar-refractivity contribution in [3.05, 3.63) is 64.9 Å². The van der Waals surface area contributed by atoms with E-state index in [1.54, 1.807) is 44.2 Å². The summed E-state index contributed by atoms with van der Waals surface area (Å²) in [6, 6.07) is 11.1. The molecule has 2 heterocycles. The number of benzene rings is 1. The van der Waals surface area contributed by atoms with Crippen molar-refractivity contribution in [2.45, 2.75) is 18.7 Å². The Bertz CT molecular complexity index is 1120. The van der Waals surface area contributed by atoms with Gasteiger partial charge in [-0.2, -0.15) is 0 Å². The summed E-state index contributed by atoms with van der Waals surface area (Å²) in [7, 11) is -3.48. The minimum atomic E-state index is -3.48. The van der Waals surface area contributed by atoms with E-state index in [2.05, 4.69) is 10.6 Å². The lowest BCUT2D eigenvalue weighted by Crippen LogP contribution is -2.15. The van der Waals surface area contributed by atoms with Gasteiger partial charge in [-0.15, -0.1) is 11.3 Å². The molecule has 3 aromatic rings. The van der Waals surface area contributed by atoms with Gasteiger partial charge in [0.15, 0.2) is 15.6 Å². The van der Waals surface area contributed by atoms with Crippen LogP contribution in [0.1, 0.15) is 32.7 Å². The van der Waals surface area contributed by atoms with Gasteiger partial charge in [0, 0.05) is 0 Å². The van der Waals surface area contributed by atoms with Crippen LogP contribution in [0.15, 0.2) is 58.0 Å². The zero-order chi connectivity index (χ0) is 20.3. The van der Waals surface area contributed by atoms with Crippen LogP contribution in [0.4, 0.5) is 10.7 Å². The molecule has 7 nitrogen and oxygen atoms in total. The van der Waals surface area contributed by atoms with Crippen molar-refractivity contribution >= 4 is 43.7 Å². The van der Waals surface area contributed by atoms with Gasteiger partial charge in [0.1, 0.15) is 0 Å². The minimum Gasteiger partial charge on any atom is -0.459 e. The van der Waals surface area contributed by atoms with Gasteiger partial charge in [-0.25, -0.2) is 8.42 Å². The second kappa shape index (κ2) is 7.99. The van der Waals surface area contributed by atoms with E-state index in [1.165, 1.54) is 18.4 Å². The highest BCUT2D eigenvalue weighted by Crippen LogP contribution is 2.29. The number of furan rings is 1. The van der Waals surface area contributed by atoms with E-state index in [-0.39, 0.29) is 22.1 Å². The monoisotopic (exact) mass is 418 g/mol. The molecule has 28 heavy (non-hydrogen) atoms. The molecule has 0 saturated heterocycles. The Hall–Kier alpha value is -2.91. The van der Waals surface area contributed by atoms with Crippen molar-refractivity contribution in [1.82, 2.24) is 0 Å². The van der Waals surface area contributed by atoms with Gasteiger partial charge >= 0.3 is 0 Å². The molecule has 3 rings (SSSR count). The first kappa shape index (κ1) is 19.8. The molecule has 1 aromatic carbocycles. The lowest BCUT2D eigenvalue weighted by molar-refractivity contribution is 0.0995. The van der Waals surface area contributed by atoms with E-state index in [4.69, 9.17) is 4.42 Å². The second-order valence-electron chi connectivity index (χ2n) is 5.91. The predicted molar refractivity (Wildman–Crippen MR) is 108 cm³/mol. The first-order valence-electron chi connectivity index (χ1n) is 8.40. The lowest BCUT2D eigenvalue weighted by Gasteiger charge is -2.10. The van der Waals surface area contributed by atoms with E-state index < -0.39 is 21.7 Å². The molecule has 0 aliphatic carbocycles. The summed E-state index contributed by atoms with van der Waals surface area (Å²) in [6.07, 6.45) is 1.40. The maximum Gasteiger partial charge on any atom is 0.291 e. The standard InChI is InChI=1S/C19H18N2O5S2/c1-3-28(24,25)15-9-5-4-7-13(15)20-19(23)17-12(2)11-16(27-17)21-18(22)14-8-6-10-26-14/h4-11H,3H2,1-2H3,(H,20,23)(H,21,22). The largest absolute Gasteiger partial charge is 0.459 e. The zero-order valence-corrected chi connectivity index (χ0v) is 16.8. The third kappa shape index (κ3) is 4.15. The number of rotatable bonds is 6. The maximum absolute atomic E-state index is 12.7. The molecule has 0 bridgehead atoms. The second-order valence-corrected chi connectivity index (χ2v) is 9.21. The van der Waals surface area contributed by atoms with Crippen LogP contribution < -0.4 is 10.6 Å². The molecule has 2 aromatic heterocycles. The van der Waals surface area contributed by atoms with Gasteiger partial charge in [-0.3, -0.25) is 9.59 Å². The average Bonchev–Trinajstić information content (AvgIpc) is 3.32. The minimum absolute atomic E-state index is 0.0686. The van der Waals surface area contributed by atoms with Gasteiger partial charge in [0.05, 0.1) is 32.5 Å². The van der Waals surface area contributed by atoms with Crippen molar-refractivity contribution < 1.29 is 22.4 Å². The number of thiophene rings is 1. The van der Waals surface area contributed by atoms with Crippen LogP contribution in [-0.4, -0.2) is 26.0 Å². The van der Waals surface area contributed by atoms with Crippen LogP contribution in [0.2, 0.25) is 0 Å². The molecule has 0 saturated carbocycles. The van der Waals surface area contributed by atoms with Crippen LogP contribution in [0.25, 0.3) is 0 Å². The summed E-state index contributed by atoms with van der Waals surface area (Å²) in [6.45, 7) is 3.29. The van der Waals surface area contributed by atoms with E-state index in [1.807, 2.05) is 0 Å². The topological polar surface area (TPSA) is 105 Å². The smallest absolute Gasteiger partial charge is 0.291 e. The maximum atomic E-state index is 12.7. The number of anilines is 2. The average molecular weight is 418 g/mol. The number of sulfone groups is 1. The fourth-order valence-electron chi connectivity index (χ4n) is 2.53. The van der Waals surface area contributed by atoms with Gasteiger partial charge in [-0.1, -0.05) is 19.1 Å². The van der Waals surface area contributed by atoms with Gasteiger partial charge < -0.3 is 15.1 Å². The molecular weight excluding hydrogens is 400 g/mol. The first-order valence-corrected chi connectivity index (χ1v) is 10.9. The highest BCUT2D eigenvalue weighted by atomic mass is 32.2. The lowest BCUT2D eigenvalue weighted by atomic mass is 10.2. The summed E-state index contributed by atoms with van der Waals surface area (Å²) in [4.78, 5) is 25.2. The SMILES string of the molecule is CCS(=O)(=O)c1ccccc1NC(=O)c1sc(NC(=O)c2ccco2)cc1C. The number of amides is 2. The fraction of sp³-hybridized carbons (Fsp3) is 0.158. The Morgan fingerprint density at radius 3 is 2.50 bits per heavy atom. The summed E-state index contributed by atoms with van der Waals surface area (Å²) >= 11 is 1.10. The molecule has 0 unspecified atom stereocenters. The number of hydrogen-bond donors (Lipinski definition) is 2. The first-order chi connectivity index (χ1) is 13.3. The predicted octanol–water partition coefficient (Wildman–Crippen LogP) is 3.95. The van der Waals surface area contributed by atoms with Crippen molar-refractivity contribution in [3.8, 4) is 0 Å². The number of hydrogen-bond acceptors (Lipinski definition) is 6. The van der Waals surface area contributed by atoms with Gasteiger partial charge in [-0.05, 0) is 42.8 Å². The van der Waals surface area contributed by atoms with Gasteiger partial charge in [0.25, 0.3) is 11.8 Å². The van der Waals surface area contributed by atoms with E-state index in [0.717, 1.165) is 11.3 Å². The summed E-state index contributed by atoms with van der Waals surface area (Å²) in [5, 5.41) is 5.83. The molecule has 0 aliphatic rings. The van der Waals surface area contributed by atoms with E-state index in [9.17, 15) is 18.0 Å². The molecule has 146 valence electrons. The van der Waals surface area contributed by atoms with E-state index >= 15 is 0 Å². The van der Waals surface area contributed by atoms with Crippen LogP contribution in [0.3, 0.4) is 0 Å². The highest BCUT2D eigenvalue weighted by Gasteiger charge is 2.21. The summed E-state index contributed by atoms with van der Waals surface area (Å²) in [5.41, 5.74) is 0.886.